The van der Waals surface area contributed by atoms with Crippen LogP contribution in [0.15, 0.2) is 65.6 Å². The summed E-state index contributed by atoms with van der Waals surface area (Å²) in [5.41, 5.74) is 2.50. The van der Waals surface area contributed by atoms with E-state index >= 15 is 0 Å². The highest BCUT2D eigenvalue weighted by Gasteiger charge is 2.34. The molecule has 0 fully saturated rings. The fourth-order valence-corrected chi connectivity index (χ4v) is 5.97. The minimum atomic E-state index is -4.24. The summed E-state index contributed by atoms with van der Waals surface area (Å²) >= 11 is 12.3. The maximum atomic E-state index is 14.1. The predicted octanol–water partition coefficient (Wildman–Crippen LogP) is 6.15. The molecule has 0 aliphatic rings. The molecule has 11 heteroatoms. The Kier molecular flexibility index (Phi) is 11.3. The van der Waals surface area contributed by atoms with Crippen LogP contribution in [-0.2, 0) is 26.2 Å². The minimum Gasteiger partial charge on any atom is -0.495 e. The second-order valence-electron chi connectivity index (χ2n) is 10.3. The highest BCUT2D eigenvalue weighted by molar-refractivity contribution is 7.92. The van der Waals surface area contributed by atoms with Crippen LogP contribution >= 0.6 is 23.2 Å². The third-order valence-electron chi connectivity index (χ3n) is 7.00. The van der Waals surface area contributed by atoms with Crippen LogP contribution < -0.4 is 14.4 Å². The number of amides is 2. The fraction of sp³-hybridized carbons (Fsp3) is 0.355. The normalized spacial score (nSPS) is 12.8. The van der Waals surface area contributed by atoms with Gasteiger partial charge in [-0.1, -0.05) is 60.0 Å². The zero-order chi connectivity index (χ0) is 31.2. The molecular formula is C31H37Cl2N3O5S. The summed E-state index contributed by atoms with van der Waals surface area (Å²) in [4.78, 5) is 28.7. The number of benzene rings is 3. The quantitative estimate of drug-likeness (QED) is 0.258. The van der Waals surface area contributed by atoms with Crippen LogP contribution in [0.5, 0.6) is 5.75 Å². The number of nitrogens with one attached hydrogen (secondary N) is 1. The number of hydrogen-bond acceptors (Lipinski definition) is 5. The van der Waals surface area contributed by atoms with E-state index in [0.29, 0.717) is 22.0 Å². The van der Waals surface area contributed by atoms with E-state index in [1.54, 1.807) is 55.5 Å². The van der Waals surface area contributed by atoms with Crippen molar-refractivity contribution in [1.82, 2.24) is 10.2 Å². The largest absolute Gasteiger partial charge is 0.495 e. The molecule has 2 amide bonds. The average molecular weight is 635 g/mol. The Morgan fingerprint density at radius 1 is 0.929 bits per heavy atom. The summed E-state index contributed by atoms with van der Waals surface area (Å²) in [6.07, 6.45) is 0.703. The molecule has 42 heavy (non-hydrogen) atoms. The van der Waals surface area contributed by atoms with Crippen molar-refractivity contribution < 1.29 is 22.7 Å². The molecule has 226 valence electrons. The zero-order valence-corrected chi connectivity index (χ0v) is 27.0. The van der Waals surface area contributed by atoms with Crippen LogP contribution in [-0.4, -0.2) is 50.9 Å². The SMILES string of the molecule is CC[C@H](C)NC(=O)[C@H](C)N(Cc1ccc(Cl)c(Cl)c1)C(=O)CN(c1cc(C)ccc1OC)S(=O)(=O)c1ccc(C)cc1. The van der Waals surface area contributed by atoms with Crippen LogP contribution in [0.25, 0.3) is 0 Å². The number of sulfonamides is 1. The third kappa shape index (κ3) is 7.96. The van der Waals surface area contributed by atoms with Crippen molar-refractivity contribution in [2.45, 2.75) is 64.6 Å². The van der Waals surface area contributed by atoms with Crippen molar-refractivity contribution in [1.29, 1.82) is 0 Å². The van der Waals surface area contributed by atoms with Gasteiger partial charge in [-0.25, -0.2) is 8.42 Å². The molecule has 0 aliphatic heterocycles. The first-order valence-electron chi connectivity index (χ1n) is 13.6. The second kappa shape index (κ2) is 14.3. The molecule has 0 aromatic heterocycles. The van der Waals surface area contributed by atoms with Gasteiger partial charge in [0.1, 0.15) is 18.3 Å². The summed E-state index contributed by atoms with van der Waals surface area (Å²) in [5, 5.41) is 3.56. The van der Waals surface area contributed by atoms with Crippen LogP contribution in [0.1, 0.15) is 43.9 Å². The molecule has 0 aliphatic carbocycles. The summed E-state index contributed by atoms with van der Waals surface area (Å²) in [6, 6.07) is 15.4. The molecule has 3 rings (SSSR count). The van der Waals surface area contributed by atoms with Crippen molar-refractivity contribution in [2.75, 3.05) is 18.0 Å². The minimum absolute atomic E-state index is 0.00577. The molecule has 0 bridgehead atoms. The van der Waals surface area contributed by atoms with Gasteiger partial charge in [0.25, 0.3) is 10.0 Å². The monoisotopic (exact) mass is 633 g/mol. The highest BCUT2D eigenvalue weighted by atomic mass is 35.5. The first-order chi connectivity index (χ1) is 19.8. The molecule has 0 saturated carbocycles. The van der Waals surface area contributed by atoms with Crippen molar-refractivity contribution >= 4 is 50.7 Å². The number of rotatable bonds is 12. The van der Waals surface area contributed by atoms with Crippen molar-refractivity contribution in [3.05, 3.63) is 87.4 Å². The van der Waals surface area contributed by atoms with Crippen LogP contribution in [0.2, 0.25) is 10.0 Å². The summed E-state index contributed by atoms with van der Waals surface area (Å²) < 4.78 is 34.7. The first kappa shape index (κ1) is 33.2. The topological polar surface area (TPSA) is 96.0 Å². The molecule has 3 aromatic carbocycles. The third-order valence-corrected chi connectivity index (χ3v) is 9.51. The van der Waals surface area contributed by atoms with E-state index < -0.39 is 28.5 Å². The van der Waals surface area contributed by atoms with Gasteiger partial charge in [-0.15, -0.1) is 0 Å². The van der Waals surface area contributed by atoms with Crippen LogP contribution in [0.4, 0.5) is 5.69 Å². The van der Waals surface area contributed by atoms with Gasteiger partial charge in [-0.2, -0.15) is 0 Å². The van der Waals surface area contributed by atoms with Gasteiger partial charge < -0.3 is 15.0 Å². The lowest BCUT2D eigenvalue weighted by Gasteiger charge is -2.33. The summed E-state index contributed by atoms with van der Waals surface area (Å²) in [7, 11) is -2.80. The molecule has 0 spiro atoms. The van der Waals surface area contributed by atoms with Gasteiger partial charge in [0.05, 0.1) is 27.7 Å². The standard InChI is InChI=1S/C31H37Cl2N3O5S/c1-7-22(4)34-31(38)23(5)35(18-24-11-14-26(32)27(33)17-24)30(37)19-36(28-16-21(3)10-15-29(28)41-6)42(39,40)25-12-8-20(2)9-13-25/h8-17,22-23H,7,18-19H2,1-6H3,(H,34,38)/t22-,23-/m0/s1. The number of hydrogen-bond donors (Lipinski definition) is 1. The van der Waals surface area contributed by atoms with Gasteiger partial charge in [0.15, 0.2) is 0 Å². The zero-order valence-electron chi connectivity index (χ0n) is 24.6. The van der Waals surface area contributed by atoms with E-state index in [9.17, 15) is 18.0 Å². The van der Waals surface area contributed by atoms with Gasteiger partial charge in [0, 0.05) is 12.6 Å². The summed E-state index contributed by atoms with van der Waals surface area (Å²) in [6.45, 7) is 8.51. The van der Waals surface area contributed by atoms with Gasteiger partial charge in [-0.05, 0) is 81.6 Å². The van der Waals surface area contributed by atoms with E-state index in [4.69, 9.17) is 27.9 Å². The number of halogens is 2. The average Bonchev–Trinajstić information content (AvgIpc) is 2.95. The maximum Gasteiger partial charge on any atom is 0.264 e. The molecule has 0 saturated heterocycles. The number of aryl methyl sites for hydroxylation is 2. The van der Waals surface area contributed by atoms with Gasteiger partial charge >= 0.3 is 0 Å². The van der Waals surface area contributed by atoms with Crippen molar-refractivity contribution in [3.8, 4) is 5.75 Å². The maximum absolute atomic E-state index is 14.1. The Balaban J connectivity index is 2.11. The molecule has 1 N–H and O–H groups in total. The van der Waals surface area contributed by atoms with Gasteiger partial charge in [0.2, 0.25) is 11.8 Å². The molecule has 0 heterocycles. The van der Waals surface area contributed by atoms with E-state index in [1.165, 1.54) is 24.1 Å². The smallest absolute Gasteiger partial charge is 0.264 e. The number of carbonyl (C=O) groups is 2. The lowest BCUT2D eigenvalue weighted by Crippen LogP contribution is -2.52. The predicted molar refractivity (Wildman–Crippen MR) is 168 cm³/mol. The van der Waals surface area contributed by atoms with E-state index in [1.807, 2.05) is 27.7 Å². The van der Waals surface area contributed by atoms with Crippen LogP contribution in [0, 0.1) is 13.8 Å². The first-order valence-corrected chi connectivity index (χ1v) is 15.8. The Morgan fingerprint density at radius 3 is 2.17 bits per heavy atom. The molecule has 8 nitrogen and oxygen atoms in total. The Morgan fingerprint density at radius 2 is 1.57 bits per heavy atom. The molecule has 2 atom stereocenters. The van der Waals surface area contributed by atoms with Crippen molar-refractivity contribution in [2.24, 2.45) is 0 Å². The molecular weight excluding hydrogens is 597 g/mol. The molecule has 3 aromatic rings. The lowest BCUT2D eigenvalue weighted by atomic mass is 10.1. The lowest BCUT2D eigenvalue weighted by molar-refractivity contribution is -0.139. The summed E-state index contributed by atoms with van der Waals surface area (Å²) in [5.74, 6) is -0.673. The number of anilines is 1. The highest BCUT2D eigenvalue weighted by Crippen LogP contribution is 2.34. The van der Waals surface area contributed by atoms with Crippen molar-refractivity contribution in [3.63, 3.8) is 0 Å². The Bertz CT molecular complexity index is 1530. The van der Waals surface area contributed by atoms with E-state index in [0.717, 1.165) is 15.4 Å². The molecule has 0 unspecified atom stereocenters. The molecule has 0 radical (unpaired) electrons. The van der Waals surface area contributed by atoms with E-state index in [-0.39, 0.29) is 34.8 Å². The number of nitrogens with zero attached hydrogens (tertiary/aromatic N) is 2. The van der Waals surface area contributed by atoms with Crippen LogP contribution in [0.3, 0.4) is 0 Å². The Labute approximate surface area is 258 Å². The Hall–Kier alpha value is -3.27. The fourth-order valence-electron chi connectivity index (χ4n) is 4.23. The number of ether oxygens (including phenoxy) is 1. The van der Waals surface area contributed by atoms with E-state index in [2.05, 4.69) is 5.32 Å². The second-order valence-corrected chi connectivity index (χ2v) is 12.9. The number of carbonyl (C=O) groups excluding carboxylic acids is 2. The van der Waals surface area contributed by atoms with Gasteiger partial charge in [-0.3, -0.25) is 13.9 Å². The number of methoxy groups -OCH3 is 1.